The van der Waals surface area contributed by atoms with Crippen LogP contribution in [0.5, 0.6) is 0 Å². The molecule has 1 aromatic heterocycles. The molecule has 0 radical (unpaired) electrons. The van der Waals surface area contributed by atoms with Gasteiger partial charge in [0.15, 0.2) is 0 Å². The molecule has 0 bridgehead atoms. The number of aromatic nitrogens is 1. The number of hydrogen-bond donors (Lipinski definition) is 1. The average Bonchev–Trinajstić information content (AvgIpc) is 2.47. The SMILES string of the molecule is CC(C)C1CC(CC(=O)N[C@@H](C)c2ccc(Cl)cn2)CCO1. The number of amides is 1. The molecule has 2 heterocycles. The van der Waals surface area contributed by atoms with Crippen molar-refractivity contribution < 1.29 is 9.53 Å². The van der Waals surface area contributed by atoms with E-state index in [4.69, 9.17) is 16.3 Å². The number of carbonyl (C=O) groups excluding carboxylic acids is 1. The lowest BCUT2D eigenvalue weighted by molar-refractivity contribution is -0.124. The van der Waals surface area contributed by atoms with Gasteiger partial charge in [0.1, 0.15) is 0 Å². The molecule has 0 aromatic carbocycles. The molecule has 1 amide bonds. The molecule has 0 saturated carbocycles. The second kappa shape index (κ2) is 7.93. The number of carbonyl (C=O) groups is 1. The maximum Gasteiger partial charge on any atom is 0.220 e. The van der Waals surface area contributed by atoms with E-state index < -0.39 is 0 Å². The Balaban J connectivity index is 1.83. The van der Waals surface area contributed by atoms with Crippen molar-refractivity contribution in [1.82, 2.24) is 10.3 Å². The molecule has 0 spiro atoms. The van der Waals surface area contributed by atoms with Gasteiger partial charge in [0.2, 0.25) is 5.91 Å². The highest BCUT2D eigenvalue weighted by Crippen LogP contribution is 2.27. The molecule has 0 aliphatic carbocycles. The summed E-state index contributed by atoms with van der Waals surface area (Å²) in [6.07, 6.45) is 4.38. The molecule has 5 heteroatoms. The van der Waals surface area contributed by atoms with E-state index in [1.54, 1.807) is 12.3 Å². The van der Waals surface area contributed by atoms with Gasteiger partial charge < -0.3 is 10.1 Å². The van der Waals surface area contributed by atoms with Crippen molar-refractivity contribution in [1.29, 1.82) is 0 Å². The summed E-state index contributed by atoms with van der Waals surface area (Å²) in [5.41, 5.74) is 0.824. The maximum absolute atomic E-state index is 12.2. The molecular formula is C17H25ClN2O2. The molecule has 1 aliphatic heterocycles. The number of nitrogens with zero attached hydrogens (tertiary/aromatic N) is 1. The smallest absolute Gasteiger partial charge is 0.220 e. The van der Waals surface area contributed by atoms with Gasteiger partial charge in [-0.15, -0.1) is 0 Å². The van der Waals surface area contributed by atoms with Crippen LogP contribution in [0.15, 0.2) is 18.3 Å². The van der Waals surface area contributed by atoms with Crippen molar-refractivity contribution in [3.8, 4) is 0 Å². The first-order valence-electron chi connectivity index (χ1n) is 7.98. The molecular weight excluding hydrogens is 300 g/mol. The monoisotopic (exact) mass is 324 g/mol. The number of nitrogens with one attached hydrogen (secondary N) is 1. The number of hydrogen-bond acceptors (Lipinski definition) is 3. The fourth-order valence-electron chi connectivity index (χ4n) is 2.83. The van der Waals surface area contributed by atoms with Crippen molar-refractivity contribution in [3.63, 3.8) is 0 Å². The third kappa shape index (κ3) is 4.96. The van der Waals surface area contributed by atoms with Gasteiger partial charge in [-0.3, -0.25) is 9.78 Å². The Morgan fingerprint density at radius 2 is 2.23 bits per heavy atom. The van der Waals surface area contributed by atoms with E-state index >= 15 is 0 Å². The third-order valence-corrected chi connectivity index (χ3v) is 4.44. The van der Waals surface area contributed by atoms with Crippen molar-refractivity contribution >= 4 is 17.5 Å². The lowest BCUT2D eigenvalue weighted by Crippen LogP contribution is -2.34. The van der Waals surface area contributed by atoms with E-state index in [2.05, 4.69) is 24.1 Å². The summed E-state index contributed by atoms with van der Waals surface area (Å²) in [4.78, 5) is 16.5. The lowest BCUT2D eigenvalue weighted by atomic mass is 9.88. The van der Waals surface area contributed by atoms with Crippen molar-refractivity contribution in [2.24, 2.45) is 11.8 Å². The van der Waals surface area contributed by atoms with Crippen LogP contribution in [-0.4, -0.2) is 23.6 Å². The largest absolute Gasteiger partial charge is 0.378 e. The van der Waals surface area contributed by atoms with E-state index in [0.29, 0.717) is 23.3 Å². The molecule has 1 fully saturated rings. The van der Waals surface area contributed by atoms with Gasteiger partial charge in [0.05, 0.1) is 22.9 Å². The normalized spacial score (nSPS) is 23.3. The Bertz CT molecular complexity index is 490. The van der Waals surface area contributed by atoms with Crippen LogP contribution in [0.4, 0.5) is 0 Å². The zero-order valence-electron chi connectivity index (χ0n) is 13.5. The Hall–Kier alpha value is -1.13. The molecule has 1 N–H and O–H groups in total. The van der Waals surface area contributed by atoms with Crippen LogP contribution >= 0.6 is 11.6 Å². The fourth-order valence-corrected chi connectivity index (χ4v) is 2.94. The number of pyridine rings is 1. The Kier molecular flexibility index (Phi) is 6.21. The van der Waals surface area contributed by atoms with Gasteiger partial charge >= 0.3 is 0 Å². The van der Waals surface area contributed by atoms with E-state index in [-0.39, 0.29) is 18.1 Å². The standard InChI is InChI=1S/C17H25ClN2O2/c1-11(2)16-8-13(6-7-22-16)9-17(21)20-12(3)15-5-4-14(18)10-19-15/h4-5,10-13,16H,6-9H2,1-3H3,(H,20,21)/t12-,13?,16?/m0/s1. The quantitative estimate of drug-likeness (QED) is 0.897. The minimum Gasteiger partial charge on any atom is -0.378 e. The molecule has 2 rings (SSSR count). The van der Waals surface area contributed by atoms with Gasteiger partial charge in [-0.05, 0) is 43.7 Å². The summed E-state index contributed by atoms with van der Waals surface area (Å²) in [7, 11) is 0. The van der Waals surface area contributed by atoms with Crippen LogP contribution in [0.3, 0.4) is 0 Å². The zero-order chi connectivity index (χ0) is 16.1. The highest BCUT2D eigenvalue weighted by Gasteiger charge is 2.26. The van der Waals surface area contributed by atoms with Crippen molar-refractivity contribution in [2.75, 3.05) is 6.61 Å². The number of ether oxygens (including phenoxy) is 1. The Labute approximate surface area is 137 Å². The van der Waals surface area contributed by atoms with Crippen LogP contribution in [0.1, 0.15) is 51.8 Å². The lowest BCUT2D eigenvalue weighted by Gasteiger charge is -2.31. The number of rotatable bonds is 5. The fraction of sp³-hybridized carbons (Fsp3) is 0.647. The summed E-state index contributed by atoms with van der Waals surface area (Å²) in [5.74, 6) is 0.994. The van der Waals surface area contributed by atoms with Gasteiger partial charge in [-0.2, -0.15) is 0 Å². The summed E-state index contributed by atoms with van der Waals surface area (Å²) in [6.45, 7) is 7.03. The molecule has 122 valence electrons. The first-order valence-corrected chi connectivity index (χ1v) is 8.36. The predicted octanol–water partition coefficient (Wildman–Crippen LogP) is 3.75. The van der Waals surface area contributed by atoms with Crippen molar-refractivity contribution in [2.45, 2.75) is 52.2 Å². The Morgan fingerprint density at radius 1 is 1.45 bits per heavy atom. The molecule has 1 saturated heterocycles. The van der Waals surface area contributed by atoms with Crippen LogP contribution < -0.4 is 5.32 Å². The molecule has 1 aromatic rings. The van der Waals surface area contributed by atoms with Gasteiger partial charge in [-0.25, -0.2) is 0 Å². The highest BCUT2D eigenvalue weighted by atomic mass is 35.5. The maximum atomic E-state index is 12.2. The van der Waals surface area contributed by atoms with E-state index in [1.807, 2.05) is 13.0 Å². The van der Waals surface area contributed by atoms with Crippen LogP contribution in [0.2, 0.25) is 5.02 Å². The summed E-state index contributed by atoms with van der Waals surface area (Å²) in [6, 6.07) is 3.53. The second-order valence-electron chi connectivity index (χ2n) is 6.44. The van der Waals surface area contributed by atoms with E-state index in [0.717, 1.165) is 25.1 Å². The summed E-state index contributed by atoms with van der Waals surface area (Å²) < 4.78 is 5.76. The third-order valence-electron chi connectivity index (χ3n) is 4.21. The first kappa shape index (κ1) is 17.2. The molecule has 2 unspecified atom stereocenters. The van der Waals surface area contributed by atoms with Gasteiger partial charge in [0, 0.05) is 19.2 Å². The van der Waals surface area contributed by atoms with Crippen molar-refractivity contribution in [3.05, 3.63) is 29.0 Å². The van der Waals surface area contributed by atoms with Crippen LogP contribution in [-0.2, 0) is 9.53 Å². The summed E-state index contributed by atoms with van der Waals surface area (Å²) in [5, 5.41) is 3.62. The van der Waals surface area contributed by atoms with E-state index in [1.165, 1.54) is 0 Å². The molecule has 4 nitrogen and oxygen atoms in total. The topological polar surface area (TPSA) is 51.2 Å². The minimum absolute atomic E-state index is 0.0821. The molecule has 1 aliphatic rings. The predicted molar refractivity (Wildman–Crippen MR) is 87.7 cm³/mol. The zero-order valence-corrected chi connectivity index (χ0v) is 14.3. The highest BCUT2D eigenvalue weighted by molar-refractivity contribution is 6.30. The number of halogens is 1. The van der Waals surface area contributed by atoms with E-state index in [9.17, 15) is 4.79 Å². The van der Waals surface area contributed by atoms with Gasteiger partial charge in [-0.1, -0.05) is 25.4 Å². The average molecular weight is 325 g/mol. The molecule has 22 heavy (non-hydrogen) atoms. The molecule has 3 atom stereocenters. The first-order chi connectivity index (χ1) is 10.5. The van der Waals surface area contributed by atoms with Gasteiger partial charge in [0.25, 0.3) is 0 Å². The second-order valence-corrected chi connectivity index (χ2v) is 6.87. The van der Waals surface area contributed by atoms with Crippen LogP contribution in [0.25, 0.3) is 0 Å². The Morgan fingerprint density at radius 3 is 2.86 bits per heavy atom. The van der Waals surface area contributed by atoms with Crippen LogP contribution in [0, 0.1) is 11.8 Å². The minimum atomic E-state index is -0.106. The summed E-state index contributed by atoms with van der Waals surface area (Å²) >= 11 is 5.83.